The van der Waals surface area contributed by atoms with Gasteiger partial charge in [-0.2, -0.15) is 8.42 Å². The number of carbonyl (C=O) groups excluding carboxylic acids is 5. The molecule has 2 fully saturated rings. The number of likely N-dealkylation sites (tertiary alicyclic amines) is 1. The predicted molar refractivity (Wildman–Crippen MR) is 161 cm³/mol. The van der Waals surface area contributed by atoms with Crippen LogP contribution >= 0.6 is 0 Å². The first-order valence-corrected chi connectivity index (χ1v) is 15.5. The minimum absolute atomic E-state index is 0.0692. The number of hydrogen-bond acceptors (Lipinski definition) is 11. The van der Waals surface area contributed by atoms with Crippen LogP contribution in [-0.4, -0.2) is 94.2 Å². The van der Waals surface area contributed by atoms with E-state index in [0.29, 0.717) is 9.91 Å². The van der Waals surface area contributed by atoms with Gasteiger partial charge in [-0.25, -0.2) is 28.6 Å². The zero-order chi connectivity index (χ0) is 34.4. The highest BCUT2D eigenvalue weighted by Crippen LogP contribution is 2.29. The van der Waals surface area contributed by atoms with Crippen LogP contribution in [-0.2, 0) is 37.8 Å². The van der Waals surface area contributed by atoms with E-state index < -0.39 is 71.6 Å². The fraction of sp³-hybridized carbons (Fsp3) is 0.207. The second-order valence-corrected chi connectivity index (χ2v) is 11.8. The molecule has 1 atom stereocenters. The standard InChI is InChI=1S/C29H27N7O11S/c37-24(20-13-22(46-16-18-7-3-1-4-8-18)23(14-30-20)47-17-19-9-5-2-6-10-19)32-35-11-12-36(27(40)26(35)39)48(44,45)33-28(41)34-15-21(25(34)38)31-29(42)43/h1-10,13-14,21,31H,11-12,15-17H2,(H,32,37)(H,33,41)(H,42,43). The first-order chi connectivity index (χ1) is 22.9. The van der Waals surface area contributed by atoms with Crippen molar-refractivity contribution in [3.05, 3.63) is 89.7 Å². The van der Waals surface area contributed by atoms with E-state index in [-0.39, 0.29) is 34.7 Å². The molecule has 1 unspecified atom stereocenters. The van der Waals surface area contributed by atoms with Crippen LogP contribution < -0.4 is 24.9 Å². The van der Waals surface area contributed by atoms with Gasteiger partial charge < -0.3 is 19.9 Å². The van der Waals surface area contributed by atoms with Gasteiger partial charge in [-0.15, -0.1) is 0 Å². The number of nitrogens with one attached hydrogen (secondary N) is 3. The van der Waals surface area contributed by atoms with Gasteiger partial charge in [0, 0.05) is 6.07 Å². The Morgan fingerprint density at radius 2 is 1.48 bits per heavy atom. The quantitative estimate of drug-likeness (QED) is 0.155. The van der Waals surface area contributed by atoms with Crippen LogP contribution in [0.25, 0.3) is 0 Å². The van der Waals surface area contributed by atoms with Crippen molar-refractivity contribution in [1.82, 2.24) is 34.7 Å². The molecular formula is C29H27N7O11S. The summed E-state index contributed by atoms with van der Waals surface area (Å²) in [6.07, 6.45) is -0.256. The summed E-state index contributed by atoms with van der Waals surface area (Å²) in [4.78, 5) is 78.0. The number of hydrogen-bond donors (Lipinski definition) is 4. The van der Waals surface area contributed by atoms with Gasteiger partial charge in [-0.3, -0.25) is 29.5 Å². The molecule has 3 heterocycles. The monoisotopic (exact) mass is 681 g/mol. The third kappa shape index (κ3) is 7.58. The zero-order valence-electron chi connectivity index (χ0n) is 24.8. The number of ether oxygens (including phenoxy) is 2. The van der Waals surface area contributed by atoms with Crippen molar-refractivity contribution in [2.45, 2.75) is 19.3 Å². The number of carbonyl (C=O) groups is 6. The number of β-lactam (4-membered cyclic amide) rings is 1. The lowest BCUT2D eigenvalue weighted by atomic mass is 10.1. The summed E-state index contributed by atoms with van der Waals surface area (Å²) in [5.74, 6) is -4.60. The van der Waals surface area contributed by atoms with Crippen LogP contribution in [0, 0.1) is 0 Å². The fourth-order valence-electron chi connectivity index (χ4n) is 4.46. The molecule has 18 nitrogen and oxygen atoms in total. The van der Waals surface area contributed by atoms with E-state index in [0.717, 1.165) is 11.1 Å². The average Bonchev–Trinajstić information content (AvgIpc) is 3.07. The van der Waals surface area contributed by atoms with Crippen molar-refractivity contribution in [3.63, 3.8) is 0 Å². The topological polar surface area (TPSA) is 234 Å². The molecule has 250 valence electrons. The Morgan fingerprint density at radius 1 is 0.875 bits per heavy atom. The molecule has 7 amide bonds. The minimum Gasteiger partial charge on any atom is -0.485 e. The second kappa shape index (κ2) is 14.0. The van der Waals surface area contributed by atoms with E-state index in [1.54, 1.807) is 0 Å². The van der Waals surface area contributed by atoms with Crippen molar-refractivity contribution in [3.8, 4) is 11.5 Å². The summed E-state index contributed by atoms with van der Waals surface area (Å²) in [5.41, 5.74) is 3.70. The Labute approximate surface area is 272 Å². The predicted octanol–water partition coefficient (Wildman–Crippen LogP) is -0.0120. The molecule has 0 aliphatic carbocycles. The van der Waals surface area contributed by atoms with Gasteiger partial charge in [0.15, 0.2) is 11.5 Å². The van der Waals surface area contributed by atoms with Crippen LogP contribution in [0.1, 0.15) is 21.6 Å². The van der Waals surface area contributed by atoms with E-state index in [1.807, 2.05) is 66.0 Å². The number of carboxylic acid groups (broad SMARTS) is 1. The summed E-state index contributed by atoms with van der Waals surface area (Å²) < 4.78 is 38.8. The smallest absolute Gasteiger partial charge is 0.405 e. The average molecular weight is 682 g/mol. The number of benzene rings is 2. The Hall–Kier alpha value is -6.24. The van der Waals surface area contributed by atoms with Crippen molar-refractivity contribution < 1.29 is 51.8 Å². The van der Waals surface area contributed by atoms with Crippen molar-refractivity contribution in [2.24, 2.45) is 0 Å². The maximum atomic E-state index is 13.1. The molecule has 1 aromatic heterocycles. The Bertz CT molecular complexity index is 1860. The van der Waals surface area contributed by atoms with Crippen LogP contribution in [0.5, 0.6) is 11.5 Å². The lowest BCUT2D eigenvalue weighted by Crippen LogP contribution is -2.68. The van der Waals surface area contributed by atoms with Crippen molar-refractivity contribution >= 4 is 46.0 Å². The molecule has 2 aliphatic heterocycles. The fourth-order valence-corrected chi connectivity index (χ4v) is 5.52. The van der Waals surface area contributed by atoms with Crippen molar-refractivity contribution in [2.75, 3.05) is 19.6 Å². The lowest BCUT2D eigenvalue weighted by molar-refractivity contribution is -0.154. The largest absolute Gasteiger partial charge is 0.485 e. The third-order valence-electron chi connectivity index (χ3n) is 6.93. The summed E-state index contributed by atoms with van der Waals surface area (Å²) in [5, 5.41) is 11.1. The SMILES string of the molecule is O=C(O)NC1CN(C(=O)NS(=O)(=O)N2CCN(NC(=O)c3cc(OCc4ccccc4)c(OCc4ccccc4)cn3)C(=O)C2=O)C1=O. The number of amides is 7. The van der Waals surface area contributed by atoms with Crippen molar-refractivity contribution in [1.29, 1.82) is 0 Å². The van der Waals surface area contributed by atoms with Crippen LogP contribution in [0.15, 0.2) is 72.9 Å². The van der Waals surface area contributed by atoms with Gasteiger partial charge in [-0.1, -0.05) is 60.7 Å². The number of nitrogens with zero attached hydrogens (tertiary/aromatic N) is 4. The second-order valence-electron chi connectivity index (χ2n) is 10.2. The third-order valence-corrected chi connectivity index (χ3v) is 8.30. The molecule has 2 aliphatic rings. The number of hydrazine groups is 1. The summed E-state index contributed by atoms with van der Waals surface area (Å²) in [6, 6.07) is 17.1. The Morgan fingerprint density at radius 3 is 2.06 bits per heavy atom. The van der Waals surface area contributed by atoms with E-state index in [4.69, 9.17) is 14.6 Å². The van der Waals surface area contributed by atoms with Gasteiger partial charge >= 0.3 is 34.1 Å². The van der Waals surface area contributed by atoms with Crippen LogP contribution in [0.3, 0.4) is 0 Å². The number of aromatic nitrogens is 1. The summed E-state index contributed by atoms with van der Waals surface area (Å²) in [6.45, 7) is -1.33. The number of piperazine rings is 1. The molecule has 19 heteroatoms. The molecule has 5 rings (SSSR count). The van der Waals surface area contributed by atoms with Gasteiger partial charge in [0.25, 0.3) is 11.8 Å². The zero-order valence-corrected chi connectivity index (χ0v) is 25.6. The van der Waals surface area contributed by atoms with Crippen LogP contribution in [0.4, 0.5) is 9.59 Å². The minimum atomic E-state index is -4.97. The van der Waals surface area contributed by atoms with Gasteiger partial charge in [0.1, 0.15) is 24.9 Å². The summed E-state index contributed by atoms with van der Waals surface area (Å²) in [7, 11) is -4.97. The first-order valence-electron chi connectivity index (χ1n) is 14.1. The molecule has 4 N–H and O–H groups in total. The van der Waals surface area contributed by atoms with E-state index in [9.17, 15) is 37.2 Å². The highest BCUT2D eigenvalue weighted by atomic mass is 32.2. The Kier molecular flexibility index (Phi) is 9.69. The van der Waals surface area contributed by atoms with Crippen LogP contribution in [0.2, 0.25) is 0 Å². The lowest BCUT2D eigenvalue weighted by Gasteiger charge is -2.37. The highest BCUT2D eigenvalue weighted by molar-refractivity contribution is 7.88. The van der Waals surface area contributed by atoms with Gasteiger partial charge in [-0.05, 0) is 11.1 Å². The molecule has 3 aromatic rings. The molecule has 48 heavy (non-hydrogen) atoms. The van der Waals surface area contributed by atoms with Gasteiger partial charge in [0.2, 0.25) is 0 Å². The molecule has 2 saturated heterocycles. The highest BCUT2D eigenvalue weighted by Gasteiger charge is 2.45. The molecule has 0 radical (unpaired) electrons. The van der Waals surface area contributed by atoms with E-state index in [1.165, 1.54) is 17.0 Å². The Balaban J connectivity index is 1.22. The molecule has 0 saturated carbocycles. The first kappa shape index (κ1) is 33.1. The molecule has 0 bridgehead atoms. The summed E-state index contributed by atoms with van der Waals surface area (Å²) >= 11 is 0. The molecule has 2 aromatic carbocycles. The number of pyridine rings is 1. The molecular weight excluding hydrogens is 654 g/mol. The van der Waals surface area contributed by atoms with E-state index in [2.05, 4.69) is 10.4 Å². The molecule has 0 spiro atoms. The normalized spacial score (nSPS) is 16.1. The number of rotatable bonds is 11. The van der Waals surface area contributed by atoms with Gasteiger partial charge in [0.05, 0.1) is 25.8 Å². The van der Waals surface area contributed by atoms with E-state index >= 15 is 0 Å². The number of urea groups is 1. The number of imide groups is 1. The maximum Gasteiger partial charge on any atom is 0.405 e. The maximum absolute atomic E-state index is 13.1.